The molecule has 9 heteroatoms. The number of imide groups is 1. The first-order valence-electron chi connectivity index (χ1n) is 13.5. The van der Waals surface area contributed by atoms with Crippen LogP contribution < -0.4 is 5.32 Å². The molecule has 2 saturated carbocycles. The molecule has 2 aliphatic carbocycles. The first-order chi connectivity index (χ1) is 16.8. The summed E-state index contributed by atoms with van der Waals surface area (Å²) in [5.41, 5.74) is 1.02. The van der Waals surface area contributed by atoms with Gasteiger partial charge >= 0.3 is 12.2 Å². The number of hydrogen-bond donors (Lipinski definition) is 1. The highest BCUT2D eigenvalue weighted by molar-refractivity contribution is 5.88. The van der Waals surface area contributed by atoms with Crippen molar-refractivity contribution in [2.45, 2.75) is 109 Å². The predicted molar refractivity (Wildman–Crippen MR) is 139 cm³/mol. The van der Waals surface area contributed by atoms with Crippen molar-refractivity contribution in [2.24, 2.45) is 5.92 Å². The van der Waals surface area contributed by atoms with Crippen molar-refractivity contribution in [1.82, 2.24) is 19.6 Å². The molecule has 1 saturated heterocycles. The van der Waals surface area contributed by atoms with Gasteiger partial charge in [0.15, 0.2) is 0 Å². The number of likely N-dealkylation sites (tertiary alicyclic amines) is 1. The van der Waals surface area contributed by atoms with Gasteiger partial charge in [-0.05, 0) is 106 Å². The monoisotopic (exact) mass is 503 g/mol. The Bertz CT molecular complexity index is 901. The number of hydrogen-bond acceptors (Lipinski definition) is 7. The molecule has 36 heavy (non-hydrogen) atoms. The van der Waals surface area contributed by atoms with Gasteiger partial charge in [-0.2, -0.15) is 5.10 Å². The van der Waals surface area contributed by atoms with Crippen LogP contribution in [0, 0.1) is 5.92 Å². The summed E-state index contributed by atoms with van der Waals surface area (Å²) in [6.45, 7) is 13.3. The molecule has 3 aliphatic rings. The Hall–Kier alpha value is -2.29. The Morgan fingerprint density at radius 1 is 1.00 bits per heavy atom. The van der Waals surface area contributed by atoms with Gasteiger partial charge in [-0.1, -0.05) is 0 Å². The molecule has 1 aromatic heterocycles. The van der Waals surface area contributed by atoms with Crippen LogP contribution in [-0.2, 0) is 9.47 Å². The summed E-state index contributed by atoms with van der Waals surface area (Å²) in [7, 11) is 2.18. The van der Waals surface area contributed by atoms with E-state index in [-0.39, 0.29) is 18.5 Å². The summed E-state index contributed by atoms with van der Waals surface area (Å²) >= 11 is 0. The van der Waals surface area contributed by atoms with Gasteiger partial charge in [0.25, 0.3) is 0 Å². The fourth-order valence-corrected chi connectivity index (χ4v) is 4.92. The molecule has 0 radical (unpaired) electrons. The maximum atomic E-state index is 12.8. The van der Waals surface area contributed by atoms with Crippen molar-refractivity contribution in [3.05, 3.63) is 11.9 Å². The van der Waals surface area contributed by atoms with E-state index in [0.717, 1.165) is 43.7 Å². The van der Waals surface area contributed by atoms with Crippen molar-refractivity contribution < 1.29 is 19.1 Å². The molecule has 0 unspecified atom stereocenters. The van der Waals surface area contributed by atoms with Crippen LogP contribution >= 0.6 is 0 Å². The van der Waals surface area contributed by atoms with E-state index < -0.39 is 23.4 Å². The number of carbonyl (C=O) groups excluding carboxylic acids is 2. The third-order valence-corrected chi connectivity index (χ3v) is 7.06. The number of aromatic nitrogens is 2. The third-order valence-electron chi connectivity index (χ3n) is 7.06. The van der Waals surface area contributed by atoms with Crippen LogP contribution in [0.5, 0.6) is 0 Å². The van der Waals surface area contributed by atoms with Crippen LogP contribution in [0.1, 0.15) is 97.7 Å². The first kappa shape index (κ1) is 26.8. The van der Waals surface area contributed by atoms with E-state index in [4.69, 9.17) is 14.6 Å². The number of ether oxygens (including phenoxy) is 2. The zero-order chi connectivity index (χ0) is 26.3. The Kier molecular flexibility index (Phi) is 7.60. The van der Waals surface area contributed by atoms with Gasteiger partial charge in [-0.3, -0.25) is 4.68 Å². The highest BCUT2D eigenvalue weighted by Crippen LogP contribution is 2.45. The fourth-order valence-electron chi connectivity index (χ4n) is 4.92. The predicted octanol–water partition coefficient (Wildman–Crippen LogP) is 5.39. The first-order valence-corrected chi connectivity index (χ1v) is 13.5. The number of amides is 2. The quantitative estimate of drug-likeness (QED) is 0.557. The van der Waals surface area contributed by atoms with E-state index in [1.807, 2.05) is 0 Å². The Labute approximate surface area is 215 Å². The van der Waals surface area contributed by atoms with Gasteiger partial charge in [0.05, 0.1) is 17.4 Å². The minimum Gasteiger partial charge on any atom is -0.443 e. The molecular formula is C27H45N5O4. The highest BCUT2D eigenvalue weighted by atomic mass is 16.6. The van der Waals surface area contributed by atoms with Crippen LogP contribution in [-0.4, -0.2) is 75.7 Å². The summed E-state index contributed by atoms with van der Waals surface area (Å²) in [4.78, 5) is 29.2. The average molecular weight is 504 g/mol. The minimum absolute atomic E-state index is 0.189. The van der Waals surface area contributed by atoms with Crippen molar-refractivity contribution in [2.75, 3.05) is 32.0 Å². The van der Waals surface area contributed by atoms with Crippen molar-refractivity contribution in [3.63, 3.8) is 0 Å². The lowest BCUT2D eigenvalue weighted by molar-refractivity contribution is -0.00641. The molecular weight excluding hydrogens is 458 g/mol. The topological polar surface area (TPSA) is 88.9 Å². The molecule has 9 nitrogen and oxygen atoms in total. The summed E-state index contributed by atoms with van der Waals surface area (Å²) in [6.07, 6.45) is 7.35. The van der Waals surface area contributed by atoms with Crippen molar-refractivity contribution >= 4 is 17.9 Å². The van der Waals surface area contributed by atoms with Crippen molar-refractivity contribution in [3.8, 4) is 0 Å². The van der Waals surface area contributed by atoms with Crippen LogP contribution in [0.25, 0.3) is 0 Å². The lowest BCUT2D eigenvalue weighted by Crippen LogP contribution is -2.47. The van der Waals surface area contributed by atoms with E-state index in [1.165, 1.54) is 24.2 Å². The number of nitrogens with zero attached hydrogens (tertiary/aromatic N) is 4. The second-order valence-corrected chi connectivity index (χ2v) is 13.0. The van der Waals surface area contributed by atoms with Crippen LogP contribution in [0.4, 0.5) is 15.3 Å². The average Bonchev–Trinajstić information content (AvgIpc) is 3.47. The Morgan fingerprint density at radius 3 is 2.06 bits per heavy atom. The maximum Gasteiger partial charge on any atom is 0.419 e. The summed E-state index contributed by atoms with van der Waals surface area (Å²) < 4.78 is 13.1. The second kappa shape index (κ2) is 10.2. The summed E-state index contributed by atoms with van der Waals surface area (Å²) in [5, 5.41) is 8.79. The highest BCUT2D eigenvalue weighted by Gasteiger charge is 2.39. The molecule has 1 aromatic rings. The number of nitrogens with one attached hydrogen (secondary N) is 1. The molecule has 202 valence electrons. The lowest BCUT2D eigenvalue weighted by atomic mass is 9.80. The summed E-state index contributed by atoms with van der Waals surface area (Å²) in [5.74, 6) is 0.764. The molecule has 3 fully saturated rings. The zero-order valence-corrected chi connectivity index (χ0v) is 23.2. The standard InChI is InChI=1S/C27H45N5O4/c1-26(2,3)35-24(33)31(25(34)36-27(4,5)6)16-18-14-21(15-18)32-17-22(23(29-32)19-8-9-19)28-20-10-12-30(7)13-11-20/h17-21,28H,8-16H2,1-7H3. The van der Waals surface area contributed by atoms with Crippen LogP contribution in [0.15, 0.2) is 6.20 Å². The van der Waals surface area contributed by atoms with Crippen molar-refractivity contribution in [1.29, 1.82) is 0 Å². The van der Waals surface area contributed by atoms with Gasteiger partial charge in [0, 0.05) is 24.7 Å². The molecule has 0 bridgehead atoms. The summed E-state index contributed by atoms with van der Waals surface area (Å²) in [6, 6.07) is 0.779. The molecule has 1 aliphatic heterocycles. The largest absolute Gasteiger partial charge is 0.443 e. The van der Waals surface area contributed by atoms with Gasteiger partial charge in [-0.25, -0.2) is 14.5 Å². The van der Waals surface area contributed by atoms with Crippen LogP contribution in [0.2, 0.25) is 0 Å². The van der Waals surface area contributed by atoms with E-state index in [9.17, 15) is 9.59 Å². The Balaban J connectivity index is 1.38. The van der Waals surface area contributed by atoms with Gasteiger partial charge in [0.1, 0.15) is 11.2 Å². The minimum atomic E-state index is -0.690. The normalized spacial score (nSPS) is 23.6. The SMILES string of the molecule is CN1CCC(Nc2cn(C3CC(CN(C(=O)OC(C)(C)C)C(=O)OC(C)(C)C)C3)nc2C2CC2)CC1. The smallest absolute Gasteiger partial charge is 0.419 e. The Morgan fingerprint density at radius 2 is 1.56 bits per heavy atom. The molecule has 0 aromatic carbocycles. The van der Waals surface area contributed by atoms with E-state index >= 15 is 0 Å². The molecule has 0 spiro atoms. The lowest BCUT2D eigenvalue weighted by Gasteiger charge is -2.38. The maximum absolute atomic E-state index is 12.8. The van der Waals surface area contributed by atoms with Gasteiger partial charge in [-0.15, -0.1) is 0 Å². The number of carbonyl (C=O) groups is 2. The third kappa shape index (κ3) is 7.14. The molecule has 0 atom stereocenters. The van der Waals surface area contributed by atoms with Gasteiger partial charge < -0.3 is 19.7 Å². The number of anilines is 1. The molecule has 2 amide bonds. The number of rotatable bonds is 6. The van der Waals surface area contributed by atoms with Gasteiger partial charge in [0.2, 0.25) is 0 Å². The molecule has 4 rings (SSSR count). The second-order valence-electron chi connectivity index (χ2n) is 13.0. The van der Waals surface area contributed by atoms with E-state index in [0.29, 0.717) is 12.0 Å². The van der Waals surface area contributed by atoms with Crippen LogP contribution in [0.3, 0.4) is 0 Å². The zero-order valence-electron chi connectivity index (χ0n) is 23.2. The molecule has 2 heterocycles. The number of piperidine rings is 1. The fraction of sp³-hybridized carbons (Fsp3) is 0.815. The molecule has 1 N–H and O–H groups in total. The van der Waals surface area contributed by atoms with E-state index in [2.05, 4.69) is 28.1 Å². The van der Waals surface area contributed by atoms with E-state index in [1.54, 1.807) is 41.5 Å².